The van der Waals surface area contributed by atoms with Crippen molar-refractivity contribution in [2.45, 2.75) is 37.1 Å². The van der Waals surface area contributed by atoms with Crippen LogP contribution in [-0.2, 0) is 16.3 Å². The van der Waals surface area contributed by atoms with E-state index in [1.165, 1.54) is 25.6 Å². The molecule has 0 saturated carbocycles. The molecule has 0 spiro atoms. The molecule has 146 valence electrons. The first-order valence-corrected chi connectivity index (χ1v) is 11.7. The minimum atomic E-state index is -3.17. The third-order valence-corrected chi connectivity index (χ3v) is 6.84. The summed E-state index contributed by atoms with van der Waals surface area (Å²) in [7, 11) is -3.17. The Labute approximate surface area is 167 Å². The summed E-state index contributed by atoms with van der Waals surface area (Å²) in [6.07, 6.45) is 4.82. The highest BCUT2D eigenvalue weighted by Gasteiger charge is 2.19. The lowest BCUT2D eigenvalue weighted by Gasteiger charge is -2.20. The summed E-state index contributed by atoms with van der Waals surface area (Å²) in [4.78, 5) is 7.73. The van der Waals surface area contributed by atoms with Crippen molar-refractivity contribution in [1.82, 2.24) is 9.88 Å². The first-order chi connectivity index (χ1) is 13.4. The molecule has 0 radical (unpaired) electrons. The van der Waals surface area contributed by atoms with Gasteiger partial charge in [-0.15, -0.1) is 0 Å². The van der Waals surface area contributed by atoms with Crippen LogP contribution >= 0.6 is 0 Å². The first-order valence-electron chi connectivity index (χ1n) is 9.84. The maximum Gasteiger partial charge on any atom is 0.175 e. The Kier molecular flexibility index (Phi) is 5.21. The molecule has 4 nitrogen and oxygen atoms in total. The number of benzene rings is 2. The van der Waals surface area contributed by atoms with Gasteiger partial charge in [-0.2, -0.15) is 0 Å². The number of hydrogen-bond donors (Lipinski definition) is 0. The largest absolute Gasteiger partial charge is 0.300 e. The van der Waals surface area contributed by atoms with Crippen LogP contribution in [0.2, 0.25) is 0 Å². The predicted molar refractivity (Wildman–Crippen MR) is 114 cm³/mol. The zero-order valence-corrected chi connectivity index (χ0v) is 17.2. The molecular weight excluding hydrogens is 368 g/mol. The van der Waals surface area contributed by atoms with Gasteiger partial charge in [0.1, 0.15) is 0 Å². The van der Waals surface area contributed by atoms with Crippen molar-refractivity contribution < 1.29 is 8.42 Å². The van der Waals surface area contributed by atoms with Crippen molar-refractivity contribution in [1.29, 1.82) is 0 Å². The fourth-order valence-electron chi connectivity index (χ4n) is 3.96. The SMILES string of the molecule is C[C@H]1CCCN1CCc1ccc2cc(-c3ccc(S(C)(=O)=O)cc3)ccc2n1. The van der Waals surface area contributed by atoms with E-state index in [-0.39, 0.29) is 0 Å². The van der Waals surface area contributed by atoms with E-state index in [4.69, 9.17) is 4.98 Å². The molecule has 2 aromatic carbocycles. The molecule has 4 rings (SSSR count). The van der Waals surface area contributed by atoms with E-state index < -0.39 is 9.84 Å². The number of rotatable bonds is 5. The van der Waals surface area contributed by atoms with E-state index in [0.29, 0.717) is 10.9 Å². The van der Waals surface area contributed by atoms with Crippen LogP contribution in [0.3, 0.4) is 0 Å². The van der Waals surface area contributed by atoms with E-state index in [9.17, 15) is 8.42 Å². The fourth-order valence-corrected chi connectivity index (χ4v) is 4.59. The summed E-state index contributed by atoms with van der Waals surface area (Å²) in [6.45, 7) is 4.59. The van der Waals surface area contributed by atoms with E-state index in [1.54, 1.807) is 12.1 Å². The molecular formula is C23H26N2O2S. The number of pyridine rings is 1. The normalized spacial score (nSPS) is 18.0. The minimum absolute atomic E-state index is 0.343. The third kappa shape index (κ3) is 4.10. The molecule has 1 saturated heterocycles. The Balaban J connectivity index is 1.53. The lowest BCUT2D eigenvalue weighted by atomic mass is 10.0. The second-order valence-corrected chi connectivity index (χ2v) is 9.80. The summed E-state index contributed by atoms with van der Waals surface area (Å²) >= 11 is 0. The van der Waals surface area contributed by atoms with Crippen LogP contribution in [0, 0.1) is 0 Å². The highest BCUT2D eigenvalue weighted by Crippen LogP contribution is 2.25. The van der Waals surface area contributed by atoms with Gasteiger partial charge in [0.25, 0.3) is 0 Å². The summed E-state index contributed by atoms with van der Waals surface area (Å²) < 4.78 is 23.3. The molecule has 0 unspecified atom stereocenters. The molecule has 5 heteroatoms. The van der Waals surface area contributed by atoms with Crippen molar-refractivity contribution in [3.63, 3.8) is 0 Å². The Hall–Kier alpha value is -2.24. The number of sulfone groups is 1. The lowest BCUT2D eigenvalue weighted by Crippen LogP contribution is -2.29. The average molecular weight is 395 g/mol. The van der Waals surface area contributed by atoms with Gasteiger partial charge in [0.2, 0.25) is 0 Å². The fraction of sp³-hybridized carbons (Fsp3) is 0.348. The van der Waals surface area contributed by atoms with Crippen LogP contribution in [0.15, 0.2) is 59.5 Å². The summed E-state index contributed by atoms with van der Waals surface area (Å²) in [5.41, 5.74) is 4.20. The van der Waals surface area contributed by atoms with Gasteiger partial charge in [-0.05, 0) is 67.8 Å². The van der Waals surface area contributed by atoms with Gasteiger partial charge < -0.3 is 4.90 Å². The molecule has 1 aliphatic rings. The Bertz CT molecular complexity index is 1090. The van der Waals surface area contributed by atoms with Gasteiger partial charge in [-0.3, -0.25) is 4.98 Å². The maximum absolute atomic E-state index is 11.6. The molecule has 2 heterocycles. The van der Waals surface area contributed by atoms with Gasteiger partial charge in [-0.25, -0.2) is 8.42 Å². The highest BCUT2D eigenvalue weighted by molar-refractivity contribution is 7.90. The predicted octanol–water partition coefficient (Wildman–Crippen LogP) is 4.33. The minimum Gasteiger partial charge on any atom is -0.300 e. The van der Waals surface area contributed by atoms with Crippen molar-refractivity contribution in [3.05, 3.63) is 60.3 Å². The summed E-state index contributed by atoms with van der Waals surface area (Å²) in [5.74, 6) is 0. The number of nitrogens with zero attached hydrogens (tertiary/aromatic N) is 2. The Morgan fingerprint density at radius 3 is 2.46 bits per heavy atom. The standard InChI is InChI=1S/C23H26N2O2S/c1-17-4-3-14-25(17)15-13-21-9-5-20-16-19(8-12-23(20)24-21)18-6-10-22(11-7-18)28(2,26)27/h5-12,16-17H,3-4,13-15H2,1-2H3/t17-/m0/s1. The number of aromatic nitrogens is 1. The monoisotopic (exact) mass is 394 g/mol. The second kappa shape index (κ2) is 7.64. The zero-order valence-electron chi connectivity index (χ0n) is 16.4. The van der Waals surface area contributed by atoms with E-state index >= 15 is 0 Å². The van der Waals surface area contributed by atoms with Crippen molar-refractivity contribution in [2.24, 2.45) is 0 Å². The lowest BCUT2D eigenvalue weighted by molar-refractivity contribution is 0.271. The van der Waals surface area contributed by atoms with Crippen LogP contribution in [0.1, 0.15) is 25.5 Å². The first kappa shape index (κ1) is 19.1. The van der Waals surface area contributed by atoms with E-state index in [1.807, 2.05) is 12.1 Å². The van der Waals surface area contributed by atoms with Crippen LogP contribution in [0.5, 0.6) is 0 Å². The quantitative estimate of drug-likeness (QED) is 0.646. The Morgan fingerprint density at radius 2 is 1.79 bits per heavy atom. The van der Waals surface area contributed by atoms with Gasteiger partial charge in [0.05, 0.1) is 10.4 Å². The van der Waals surface area contributed by atoms with Gasteiger partial charge >= 0.3 is 0 Å². The van der Waals surface area contributed by atoms with E-state index in [2.05, 4.69) is 42.2 Å². The molecule has 0 aliphatic carbocycles. The molecule has 0 bridgehead atoms. The van der Waals surface area contributed by atoms with Crippen LogP contribution in [0.25, 0.3) is 22.0 Å². The highest BCUT2D eigenvalue weighted by atomic mass is 32.2. The van der Waals surface area contributed by atoms with Gasteiger partial charge in [-0.1, -0.05) is 24.3 Å². The maximum atomic E-state index is 11.6. The van der Waals surface area contributed by atoms with Crippen LogP contribution in [0.4, 0.5) is 0 Å². The van der Waals surface area contributed by atoms with Gasteiger partial charge in [0, 0.05) is 36.3 Å². The molecule has 1 atom stereocenters. The van der Waals surface area contributed by atoms with Gasteiger partial charge in [0.15, 0.2) is 9.84 Å². The molecule has 0 amide bonds. The molecule has 3 aromatic rings. The molecule has 1 fully saturated rings. The summed E-state index contributed by atoms with van der Waals surface area (Å²) in [5, 5.41) is 1.10. The average Bonchev–Trinajstić information content (AvgIpc) is 3.10. The second-order valence-electron chi connectivity index (χ2n) is 7.78. The smallest absolute Gasteiger partial charge is 0.175 e. The molecule has 1 aliphatic heterocycles. The number of hydrogen-bond acceptors (Lipinski definition) is 4. The van der Waals surface area contributed by atoms with Crippen molar-refractivity contribution in [3.8, 4) is 11.1 Å². The number of likely N-dealkylation sites (tertiary alicyclic amines) is 1. The molecule has 1 aromatic heterocycles. The zero-order chi connectivity index (χ0) is 19.7. The van der Waals surface area contributed by atoms with Crippen molar-refractivity contribution >= 4 is 20.7 Å². The van der Waals surface area contributed by atoms with Crippen LogP contribution in [-0.4, -0.2) is 43.7 Å². The molecule has 28 heavy (non-hydrogen) atoms. The van der Waals surface area contributed by atoms with Crippen LogP contribution < -0.4 is 0 Å². The third-order valence-electron chi connectivity index (χ3n) is 5.71. The van der Waals surface area contributed by atoms with E-state index in [0.717, 1.165) is 40.7 Å². The molecule has 0 N–H and O–H groups in total. The topological polar surface area (TPSA) is 50.3 Å². The Morgan fingerprint density at radius 1 is 1.04 bits per heavy atom. The number of fused-ring (bicyclic) bond motifs is 1. The summed E-state index contributed by atoms with van der Waals surface area (Å²) in [6, 6.07) is 18.2. The van der Waals surface area contributed by atoms with Crippen molar-refractivity contribution in [2.75, 3.05) is 19.3 Å².